The lowest BCUT2D eigenvalue weighted by Crippen LogP contribution is -2.54. The molecule has 1 aromatic rings. The molecule has 96 valence electrons. The van der Waals surface area contributed by atoms with E-state index in [9.17, 15) is 4.39 Å². The van der Waals surface area contributed by atoms with Crippen molar-refractivity contribution in [1.29, 1.82) is 5.26 Å². The van der Waals surface area contributed by atoms with Gasteiger partial charge in [-0.3, -0.25) is 4.90 Å². The van der Waals surface area contributed by atoms with E-state index >= 15 is 0 Å². The van der Waals surface area contributed by atoms with Gasteiger partial charge in [0.05, 0.1) is 6.07 Å². The smallest absolute Gasteiger partial charge is 0.165 e. The number of rotatable bonds is 2. The number of nitrogens with zero attached hydrogens (tertiary/aromatic N) is 4. The highest BCUT2D eigenvalue weighted by molar-refractivity contribution is 5.40. The van der Waals surface area contributed by atoms with E-state index in [1.165, 1.54) is 6.07 Å². The van der Waals surface area contributed by atoms with Crippen LogP contribution in [0.2, 0.25) is 0 Å². The molecule has 1 saturated heterocycles. The molecule has 5 heteroatoms. The third kappa shape index (κ3) is 2.44. The number of piperazine rings is 1. The lowest BCUT2D eigenvalue weighted by molar-refractivity contribution is 0.157. The van der Waals surface area contributed by atoms with Crippen molar-refractivity contribution in [2.24, 2.45) is 0 Å². The molecule has 0 aliphatic carbocycles. The van der Waals surface area contributed by atoms with Crippen molar-refractivity contribution in [3.63, 3.8) is 0 Å². The SMILES string of the molecule is CC(C)(C#N)N1CCN(c2ncccc2F)CC1. The van der Waals surface area contributed by atoms with Gasteiger partial charge in [-0.05, 0) is 26.0 Å². The topological polar surface area (TPSA) is 43.2 Å². The number of pyridine rings is 1. The summed E-state index contributed by atoms with van der Waals surface area (Å²) in [7, 11) is 0. The van der Waals surface area contributed by atoms with Crippen LogP contribution in [0.5, 0.6) is 0 Å². The van der Waals surface area contributed by atoms with Gasteiger partial charge < -0.3 is 4.90 Å². The Kier molecular flexibility index (Phi) is 3.48. The maximum atomic E-state index is 13.6. The number of halogens is 1. The summed E-state index contributed by atoms with van der Waals surface area (Å²) in [5, 5.41) is 9.10. The first kappa shape index (κ1) is 12.8. The Morgan fingerprint density at radius 1 is 1.33 bits per heavy atom. The molecule has 0 radical (unpaired) electrons. The number of anilines is 1. The van der Waals surface area contributed by atoms with Crippen LogP contribution in [-0.2, 0) is 0 Å². The largest absolute Gasteiger partial charge is 0.352 e. The first-order valence-corrected chi connectivity index (χ1v) is 6.06. The molecular formula is C13H17FN4. The molecule has 1 aliphatic rings. The van der Waals surface area contributed by atoms with Gasteiger partial charge in [-0.15, -0.1) is 0 Å². The van der Waals surface area contributed by atoms with E-state index in [0.717, 1.165) is 13.1 Å². The fourth-order valence-electron chi connectivity index (χ4n) is 2.16. The Morgan fingerprint density at radius 3 is 2.56 bits per heavy atom. The molecule has 0 saturated carbocycles. The van der Waals surface area contributed by atoms with Gasteiger partial charge >= 0.3 is 0 Å². The van der Waals surface area contributed by atoms with Crippen molar-refractivity contribution < 1.29 is 4.39 Å². The van der Waals surface area contributed by atoms with Crippen LogP contribution in [0.4, 0.5) is 10.2 Å². The van der Waals surface area contributed by atoms with E-state index in [0.29, 0.717) is 18.9 Å². The van der Waals surface area contributed by atoms with Gasteiger partial charge in [-0.1, -0.05) is 0 Å². The van der Waals surface area contributed by atoms with Gasteiger partial charge in [0.2, 0.25) is 0 Å². The zero-order valence-corrected chi connectivity index (χ0v) is 10.7. The molecule has 2 heterocycles. The summed E-state index contributed by atoms with van der Waals surface area (Å²) in [6.45, 7) is 6.69. The molecule has 0 N–H and O–H groups in total. The van der Waals surface area contributed by atoms with Crippen LogP contribution < -0.4 is 4.90 Å². The number of aromatic nitrogens is 1. The summed E-state index contributed by atoms with van der Waals surface area (Å²) >= 11 is 0. The van der Waals surface area contributed by atoms with Crippen molar-refractivity contribution >= 4 is 5.82 Å². The second-order valence-corrected chi connectivity index (χ2v) is 4.95. The summed E-state index contributed by atoms with van der Waals surface area (Å²) in [5.41, 5.74) is -0.464. The highest BCUT2D eigenvalue weighted by Crippen LogP contribution is 2.20. The maximum absolute atomic E-state index is 13.6. The predicted molar refractivity (Wildman–Crippen MR) is 67.7 cm³/mol. The van der Waals surface area contributed by atoms with Gasteiger partial charge in [0.1, 0.15) is 5.54 Å². The van der Waals surface area contributed by atoms with Gasteiger partial charge in [-0.25, -0.2) is 9.37 Å². The fourth-order valence-corrected chi connectivity index (χ4v) is 2.16. The van der Waals surface area contributed by atoms with E-state index in [1.54, 1.807) is 12.3 Å². The van der Waals surface area contributed by atoms with Crippen LogP contribution in [0.15, 0.2) is 18.3 Å². The first-order chi connectivity index (χ1) is 8.54. The lowest BCUT2D eigenvalue weighted by Gasteiger charge is -2.40. The van der Waals surface area contributed by atoms with Crippen LogP contribution in [0.3, 0.4) is 0 Å². The van der Waals surface area contributed by atoms with Crippen molar-refractivity contribution in [1.82, 2.24) is 9.88 Å². The van der Waals surface area contributed by atoms with Crippen LogP contribution >= 0.6 is 0 Å². The molecule has 1 aliphatic heterocycles. The Hall–Kier alpha value is -1.67. The summed E-state index contributed by atoms with van der Waals surface area (Å²) in [5.74, 6) is 0.123. The molecule has 18 heavy (non-hydrogen) atoms. The van der Waals surface area contributed by atoms with Crippen molar-refractivity contribution in [3.8, 4) is 6.07 Å². The molecule has 2 rings (SSSR count). The third-order valence-electron chi connectivity index (χ3n) is 3.38. The zero-order valence-electron chi connectivity index (χ0n) is 10.7. The van der Waals surface area contributed by atoms with E-state index in [4.69, 9.17) is 5.26 Å². The van der Waals surface area contributed by atoms with Crippen molar-refractivity contribution in [2.75, 3.05) is 31.1 Å². The zero-order chi connectivity index (χ0) is 13.2. The molecular weight excluding hydrogens is 231 g/mol. The van der Waals surface area contributed by atoms with Crippen LogP contribution in [0.25, 0.3) is 0 Å². The van der Waals surface area contributed by atoms with Crippen LogP contribution in [0.1, 0.15) is 13.8 Å². The molecule has 0 aromatic carbocycles. The Morgan fingerprint density at radius 2 is 2.00 bits per heavy atom. The number of nitriles is 1. The Bertz CT molecular complexity index is 458. The molecule has 0 atom stereocenters. The maximum Gasteiger partial charge on any atom is 0.165 e. The predicted octanol–water partition coefficient (Wildman–Crippen LogP) is 1.64. The van der Waals surface area contributed by atoms with Crippen molar-refractivity contribution in [2.45, 2.75) is 19.4 Å². The third-order valence-corrected chi connectivity index (χ3v) is 3.38. The highest BCUT2D eigenvalue weighted by atomic mass is 19.1. The monoisotopic (exact) mass is 248 g/mol. The van der Waals surface area contributed by atoms with Gasteiger partial charge in [0, 0.05) is 32.4 Å². The minimum absolute atomic E-state index is 0.287. The molecule has 0 spiro atoms. The summed E-state index contributed by atoms with van der Waals surface area (Å²) in [6.07, 6.45) is 1.60. The molecule has 0 unspecified atom stereocenters. The lowest BCUT2D eigenvalue weighted by atomic mass is 10.0. The molecule has 1 fully saturated rings. The molecule has 4 nitrogen and oxygen atoms in total. The van der Waals surface area contributed by atoms with Gasteiger partial charge in [0.25, 0.3) is 0 Å². The fraction of sp³-hybridized carbons (Fsp3) is 0.538. The number of hydrogen-bond acceptors (Lipinski definition) is 4. The second-order valence-electron chi connectivity index (χ2n) is 4.95. The highest BCUT2D eigenvalue weighted by Gasteiger charge is 2.30. The standard InChI is InChI=1S/C13H17FN4/c1-13(2,10-15)18-8-6-17(7-9-18)12-11(14)4-3-5-16-12/h3-5H,6-9H2,1-2H3. The number of hydrogen-bond donors (Lipinski definition) is 0. The Balaban J connectivity index is 2.04. The van der Waals surface area contributed by atoms with Crippen LogP contribution in [-0.4, -0.2) is 41.6 Å². The minimum atomic E-state index is -0.464. The van der Waals surface area contributed by atoms with Gasteiger partial charge in [0.15, 0.2) is 11.6 Å². The minimum Gasteiger partial charge on any atom is -0.352 e. The first-order valence-electron chi connectivity index (χ1n) is 6.06. The molecule has 1 aromatic heterocycles. The van der Waals surface area contributed by atoms with E-state index in [-0.39, 0.29) is 5.82 Å². The van der Waals surface area contributed by atoms with Crippen LogP contribution in [0, 0.1) is 17.1 Å². The van der Waals surface area contributed by atoms with E-state index in [1.807, 2.05) is 18.7 Å². The summed E-state index contributed by atoms with van der Waals surface area (Å²) in [4.78, 5) is 8.12. The normalized spacial score (nSPS) is 17.6. The van der Waals surface area contributed by atoms with E-state index in [2.05, 4.69) is 16.0 Å². The van der Waals surface area contributed by atoms with Gasteiger partial charge in [-0.2, -0.15) is 5.26 Å². The second kappa shape index (κ2) is 4.91. The van der Waals surface area contributed by atoms with Crippen molar-refractivity contribution in [3.05, 3.63) is 24.1 Å². The molecule has 0 bridgehead atoms. The molecule has 0 amide bonds. The Labute approximate surface area is 107 Å². The summed E-state index contributed by atoms with van der Waals surface area (Å²) < 4.78 is 13.6. The quantitative estimate of drug-likeness (QED) is 0.798. The summed E-state index contributed by atoms with van der Waals surface area (Å²) in [6, 6.07) is 5.31. The average molecular weight is 248 g/mol. The van der Waals surface area contributed by atoms with E-state index < -0.39 is 5.54 Å². The average Bonchev–Trinajstić information content (AvgIpc) is 2.39.